The Balaban J connectivity index is 1.88. The summed E-state index contributed by atoms with van der Waals surface area (Å²) in [4.78, 5) is 17.1. The van der Waals surface area contributed by atoms with E-state index in [1.54, 1.807) is 6.20 Å². The van der Waals surface area contributed by atoms with Crippen LogP contribution in [0.1, 0.15) is 24.9 Å². The summed E-state index contributed by atoms with van der Waals surface area (Å²) in [6, 6.07) is 3.64. The first kappa shape index (κ1) is 14.6. The van der Waals surface area contributed by atoms with Crippen LogP contribution in [0.5, 0.6) is 0 Å². The number of hydrogen-bond donors (Lipinski definition) is 2. The number of nitrogens with zero attached hydrogens (tertiary/aromatic N) is 1. The molecular formula is C14H14BrN3O2S. The van der Waals surface area contributed by atoms with Gasteiger partial charge in [-0.3, -0.25) is 4.79 Å². The molecule has 7 heteroatoms. The number of carbonyl (C=O) groups is 1. The molecule has 1 aromatic carbocycles. The number of aromatic nitrogens is 1. The maximum Gasteiger partial charge on any atom is 0.260 e. The first-order chi connectivity index (χ1) is 10.2. The van der Waals surface area contributed by atoms with Gasteiger partial charge in [-0.05, 0) is 52.8 Å². The minimum atomic E-state index is -0.281. The Morgan fingerprint density at radius 3 is 3.10 bits per heavy atom. The van der Waals surface area contributed by atoms with E-state index >= 15 is 0 Å². The zero-order chi connectivity index (χ0) is 14.8. The van der Waals surface area contributed by atoms with Crippen molar-refractivity contribution in [3.8, 4) is 0 Å². The van der Waals surface area contributed by atoms with Gasteiger partial charge >= 0.3 is 0 Å². The Bertz CT molecular complexity index is 660. The standard InChI is InChI=1S/C14H14BrN3O2S/c1-2-3-16-12-8-6-9(15)11(7-10(8)18-13(12)19)21-14-17-4-5-20-14/h4-7,12,16H,2-3H2,1H3,(H,18,19). The number of benzene rings is 1. The number of carbonyl (C=O) groups excluding carboxylic acids is 1. The van der Waals surface area contributed by atoms with Gasteiger partial charge in [-0.25, -0.2) is 4.98 Å². The minimum Gasteiger partial charge on any atom is -0.440 e. The lowest BCUT2D eigenvalue weighted by Gasteiger charge is -2.11. The van der Waals surface area contributed by atoms with Crippen molar-refractivity contribution in [1.82, 2.24) is 10.3 Å². The highest BCUT2D eigenvalue weighted by Gasteiger charge is 2.31. The van der Waals surface area contributed by atoms with Gasteiger partial charge in [0.25, 0.3) is 5.22 Å². The fourth-order valence-electron chi connectivity index (χ4n) is 2.19. The van der Waals surface area contributed by atoms with Crippen molar-refractivity contribution >= 4 is 39.3 Å². The summed E-state index contributed by atoms with van der Waals surface area (Å²) in [5.41, 5.74) is 1.81. The van der Waals surface area contributed by atoms with Gasteiger partial charge in [-0.1, -0.05) is 6.92 Å². The maximum absolute atomic E-state index is 12.1. The second-order valence-electron chi connectivity index (χ2n) is 4.65. The highest BCUT2D eigenvalue weighted by atomic mass is 79.9. The van der Waals surface area contributed by atoms with Crippen LogP contribution < -0.4 is 10.6 Å². The van der Waals surface area contributed by atoms with Crippen LogP contribution in [0.15, 0.2) is 43.6 Å². The minimum absolute atomic E-state index is 0.0105. The highest BCUT2D eigenvalue weighted by molar-refractivity contribution is 9.10. The molecule has 1 aliphatic heterocycles. The molecule has 0 aliphatic carbocycles. The van der Waals surface area contributed by atoms with Crippen molar-refractivity contribution in [1.29, 1.82) is 0 Å². The number of oxazole rings is 1. The van der Waals surface area contributed by atoms with Crippen LogP contribution in [-0.4, -0.2) is 17.4 Å². The fourth-order valence-corrected chi connectivity index (χ4v) is 3.53. The predicted molar refractivity (Wildman–Crippen MR) is 84.4 cm³/mol. The monoisotopic (exact) mass is 367 g/mol. The molecule has 1 aromatic heterocycles. The van der Waals surface area contributed by atoms with Crippen molar-refractivity contribution < 1.29 is 9.21 Å². The molecule has 1 atom stereocenters. The Labute approximate surface area is 135 Å². The highest BCUT2D eigenvalue weighted by Crippen LogP contribution is 2.40. The smallest absolute Gasteiger partial charge is 0.260 e. The van der Waals surface area contributed by atoms with Gasteiger partial charge in [0.05, 0.1) is 6.20 Å². The van der Waals surface area contributed by atoms with Gasteiger partial charge in [0.2, 0.25) is 5.91 Å². The average Bonchev–Trinajstić information content (AvgIpc) is 3.05. The summed E-state index contributed by atoms with van der Waals surface area (Å²) in [7, 11) is 0. The first-order valence-electron chi connectivity index (χ1n) is 6.64. The van der Waals surface area contributed by atoms with E-state index < -0.39 is 0 Å². The molecule has 2 N–H and O–H groups in total. The van der Waals surface area contributed by atoms with Gasteiger partial charge in [0, 0.05) is 20.6 Å². The molecule has 0 saturated carbocycles. The molecule has 0 bridgehead atoms. The van der Waals surface area contributed by atoms with Crippen LogP contribution in [0.25, 0.3) is 0 Å². The number of rotatable bonds is 5. The van der Waals surface area contributed by atoms with E-state index in [9.17, 15) is 4.79 Å². The van der Waals surface area contributed by atoms with Gasteiger partial charge in [0.1, 0.15) is 12.3 Å². The SMILES string of the molecule is CCCNC1C(=O)Nc2cc(Sc3ncco3)c(Br)cc21. The molecule has 1 unspecified atom stereocenters. The third-order valence-corrected chi connectivity index (χ3v) is 4.99. The normalized spacial score (nSPS) is 16.9. The van der Waals surface area contributed by atoms with E-state index in [2.05, 4.69) is 38.5 Å². The summed E-state index contributed by atoms with van der Waals surface area (Å²) >= 11 is 4.96. The van der Waals surface area contributed by atoms with E-state index in [4.69, 9.17) is 4.42 Å². The van der Waals surface area contributed by atoms with Crippen LogP contribution in [0, 0.1) is 0 Å². The third-order valence-electron chi connectivity index (χ3n) is 3.14. The molecule has 2 aromatic rings. The Morgan fingerprint density at radius 2 is 2.38 bits per heavy atom. The lowest BCUT2D eigenvalue weighted by Crippen LogP contribution is -2.27. The van der Waals surface area contributed by atoms with Crippen LogP contribution in [0.3, 0.4) is 0 Å². The zero-order valence-corrected chi connectivity index (χ0v) is 13.8. The van der Waals surface area contributed by atoms with Crippen molar-refractivity contribution in [2.75, 3.05) is 11.9 Å². The largest absolute Gasteiger partial charge is 0.440 e. The molecule has 0 radical (unpaired) electrons. The summed E-state index contributed by atoms with van der Waals surface area (Å²) in [5, 5.41) is 6.75. The maximum atomic E-state index is 12.1. The molecule has 110 valence electrons. The van der Waals surface area contributed by atoms with E-state index in [0.29, 0.717) is 5.22 Å². The van der Waals surface area contributed by atoms with Crippen molar-refractivity contribution in [2.45, 2.75) is 29.5 Å². The number of hydrogen-bond acceptors (Lipinski definition) is 5. The summed E-state index contributed by atoms with van der Waals surface area (Å²) in [6.07, 6.45) is 4.13. The third kappa shape index (κ3) is 3.00. The molecule has 1 amide bonds. The summed E-state index contributed by atoms with van der Waals surface area (Å²) in [6.45, 7) is 2.88. The molecule has 5 nitrogen and oxygen atoms in total. The van der Waals surface area contributed by atoms with E-state index in [1.807, 2.05) is 12.1 Å². The van der Waals surface area contributed by atoms with Crippen LogP contribution in [0.4, 0.5) is 5.69 Å². The molecular weight excluding hydrogens is 354 g/mol. The number of halogens is 1. The van der Waals surface area contributed by atoms with Gasteiger partial charge in [0.15, 0.2) is 0 Å². The van der Waals surface area contributed by atoms with Gasteiger partial charge in [-0.2, -0.15) is 0 Å². The van der Waals surface area contributed by atoms with Crippen LogP contribution in [-0.2, 0) is 4.79 Å². The van der Waals surface area contributed by atoms with Crippen molar-refractivity contribution in [2.24, 2.45) is 0 Å². The number of amides is 1. The van der Waals surface area contributed by atoms with Crippen molar-refractivity contribution in [3.63, 3.8) is 0 Å². The predicted octanol–water partition coefficient (Wildman–Crippen LogP) is 3.58. The second kappa shape index (κ2) is 6.21. The summed E-state index contributed by atoms with van der Waals surface area (Å²) < 4.78 is 6.16. The average molecular weight is 368 g/mol. The van der Waals surface area contributed by atoms with E-state index in [0.717, 1.165) is 33.6 Å². The quantitative estimate of drug-likeness (QED) is 0.845. The van der Waals surface area contributed by atoms with E-state index in [-0.39, 0.29) is 11.9 Å². The molecule has 2 heterocycles. The number of fused-ring (bicyclic) bond motifs is 1. The molecule has 3 rings (SSSR count). The number of anilines is 1. The lowest BCUT2D eigenvalue weighted by atomic mass is 10.1. The molecule has 0 spiro atoms. The molecule has 21 heavy (non-hydrogen) atoms. The van der Waals surface area contributed by atoms with Crippen LogP contribution >= 0.6 is 27.7 Å². The molecule has 1 aliphatic rings. The Kier molecular flexibility index (Phi) is 4.32. The van der Waals surface area contributed by atoms with Crippen molar-refractivity contribution in [3.05, 3.63) is 34.6 Å². The van der Waals surface area contributed by atoms with Crippen LogP contribution in [0.2, 0.25) is 0 Å². The Morgan fingerprint density at radius 1 is 1.52 bits per heavy atom. The molecule has 0 fully saturated rings. The Hall–Kier alpha value is -1.31. The van der Waals surface area contributed by atoms with Gasteiger partial charge < -0.3 is 15.1 Å². The number of nitrogens with one attached hydrogen (secondary N) is 2. The fraction of sp³-hybridized carbons (Fsp3) is 0.286. The first-order valence-corrected chi connectivity index (χ1v) is 8.25. The molecule has 0 saturated heterocycles. The topological polar surface area (TPSA) is 67.2 Å². The van der Waals surface area contributed by atoms with E-state index in [1.165, 1.54) is 18.0 Å². The zero-order valence-electron chi connectivity index (χ0n) is 11.4. The summed E-state index contributed by atoms with van der Waals surface area (Å²) in [5.74, 6) is -0.0105. The van der Waals surface area contributed by atoms with Gasteiger partial charge in [-0.15, -0.1) is 0 Å². The second-order valence-corrected chi connectivity index (χ2v) is 6.49. The lowest BCUT2D eigenvalue weighted by molar-refractivity contribution is -0.117.